The van der Waals surface area contributed by atoms with Gasteiger partial charge in [-0.25, -0.2) is 0 Å². The topological polar surface area (TPSA) is 93.8 Å². The van der Waals surface area contributed by atoms with E-state index in [1.54, 1.807) is 26.4 Å². The van der Waals surface area contributed by atoms with Gasteiger partial charge >= 0.3 is 7.60 Å². The lowest BCUT2D eigenvalue weighted by atomic mass is 10.1. The molecular formula is C20H19N2O5P. The van der Waals surface area contributed by atoms with Crippen molar-refractivity contribution in [3.8, 4) is 11.5 Å². The molecule has 0 amide bonds. The fraction of sp³-hybridized carbons (Fsp3) is 0.150. The van der Waals surface area contributed by atoms with Gasteiger partial charge in [0.15, 0.2) is 11.5 Å². The second-order valence-corrected chi connectivity index (χ2v) is 8.05. The van der Waals surface area contributed by atoms with Crippen LogP contribution in [0.3, 0.4) is 0 Å². The van der Waals surface area contributed by atoms with Gasteiger partial charge in [-0.2, -0.15) is 0 Å². The number of aromatic nitrogens is 2. The lowest BCUT2D eigenvalue weighted by molar-refractivity contribution is 0.356. The van der Waals surface area contributed by atoms with Crippen LogP contribution in [0.4, 0.5) is 0 Å². The van der Waals surface area contributed by atoms with Gasteiger partial charge < -0.3 is 23.8 Å². The van der Waals surface area contributed by atoms with Gasteiger partial charge in [-0.1, -0.05) is 12.1 Å². The van der Waals surface area contributed by atoms with Crippen molar-refractivity contribution in [1.82, 2.24) is 9.55 Å². The fourth-order valence-corrected chi connectivity index (χ4v) is 3.87. The minimum absolute atomic E-state index is 0.0140. The van der Waals surface area contributed by atoms with Crippen LogP contribution in [0, 0.1) is 0 Å². The summed E-state index contributed by atoms with van der Waals surface area (Å²) in [4.78, 5) is 23.0. The van der Waals surface area contributed by atoms with Crippen molar-refractivity contribution in [3.63, 3.8) is 0 Å². The Hall–Kier alpha value is -2.86. The van der Waals surface area contributed by atoms with Crippen LogP contribution in [-0.4, -0.2) is 33.6 Å². The molecule has 4 aromatic rings. The lowest BCUT2D eigenvalue weighted by Crippen LogP contribution is -2.05. The standard InChI is InChI=1S/C20H19N2O5P/c1-26-18-9-16-17(10-19(18)27-2)21-11-14-7-8-22(20(14)16)12-13-3-5-15(6-4-13)28(23,24)25/h3-11H,12H2,1-2H3,(H2,23,24,25). The molecule has 0 spiro atoms. The highest BCUT2D eigenvalue weighted by molar-refractivity contribution is 7.60. The molecular weight excluding hydrogens is 379 g/mol. The van der Waals surface area contributed by atoms with Crippen molar-refractivity contribution in [1.29, 1.82) is 0 Å². The normalized spacial score (nSPS) is 11.9. The third-order valence-electron chi connectivity index (χ3n) is 4.72. The minimum Gasteiger partial charge on any atom is -0.493 e. The molecule has 4 rings (SSSR count). The third-order valence-corrected chi connectivity index (χ3v) is 5.69. The van der Waals surface area contributed by atoms with Crippen LogP contribution in [0.1, 0.15) is 5.56 Å². The van der Waals surface area contributed by atoms with E-state index in [0.29, 0.717) is 18.0 Å². The maximum absolute atomic E-state index is 11.4. The van der Waals surface area contributed by atoms with Crippen molar-refractivity contribution in [2.45, 2.75) is 6.54 Å². The fourth-order valence-electron chi connectivity index (χ4n) is 3.33. The number of benzene rings is 2. The molecule has 0 saturated carbocycles. The van der Waals surface area contributed by atoms with Crippen LogP contribution in [0.5, 0.6) is 11.5 Å². The highest BCUT2D eigenvalue weighted by Crippen LogP contribution is 2.35. The van der Waals surface area contributed by atoms with Crippen LogP contribution in [0.25, 0.3) is 21.8 Å². The summed E-state index contributed by atoms with van der Waals surface area (Å²) in [6.07, 6.45) is 3.79. The van der Waals surface area contributed by atoms with Crippen molar-refractivity contribution in [2.75, 3.05) is 14.2 Å². The largest absolute Gasteiger partial charge is 0.493 e. The number of hydrogen-bond acceptors (Lipinski definition) is 4. The van der Waals surface area contributed by atoms with Crippen LogP contribution in [-0.2, 0) is 11.1 Å². The molecule has 28 heavy (non-hydrogen) atoms. The smallest absolute Gasteiger partial charge is 0.356 e. The number of nitrogens with zero attached hydrogens (tertiary/aromatic N) is 2. The van der Waals surface area contributed by atoms with Gasteiger partial charge in [0.05, 0.1) is 30.6 Å². The summed E-state index contributed by atoms with van der Waals surface area (Å²) >= 11 is 0. The van der Waals surface area contributed by atoms with E-state index in [2.05, 4.69) is 9.55 Å². The molecule has 0 aliphatic carbocycles. The van der Waals surface area contributed by atoms with E-state index < -0.39 is 7.60 Å². The first-order chi connectivity index (χ1) is 13.4. The highest BCUT2D eigenvalue weighted by atomic mass is 31.2. The Morgan fingerprint density at radius 1 is 1.04 bits per heavy atom. The molecule has 8 heteroatoms. The molecule has 0 unspecified atom stereocenters. The number of ether oxygens (including phenoxy) is 2. The van der Waals surface area contributed by atoms with E-state index >= 15 is 0 Å². The molecule has 0 fully saturated rings. The summed E-state index contributed by atoms with van der Waals surface area (Å²) in [6.45, 7) is 0.554. The zero-order valence-corrected chi connectivity index (χ0v) is 16.3. The molecule has 0 aliphatic rings. The van der Waals surface area contributed by atoms with Crippen LogP contribution in [0.15, 0.2) is 54.9 Å². The van der Waals surface area contributed by atoms with Gasteiger partial charge in [0.2, 0.25) is 0 Å². The van der Waals surface area contributed by atoms with Crippen LogP contribution >= 0.6 is 7.60 Å². The van der Waals surface area contributed by atoms with Crippen molar-refractivity contribution in [2.24, 2.45) is 0 Å². The molecule has 0 atom stereocenters. The quantitative estimate of drug-likeness (QED) is 0.502. The van der Waals surface area contributed by atoms with Gasteiger partial charge in [-0.3, -0.25) is 9.55 Å². The van der Waals surface area contributed by atoms with E-state index in [1.807, 2.05) is 30.6 Å². The Kier molecular flexibility index (Phi) is 4.59. The average Bonchev–Trinajstić information content (AvgIpc) is 3.09. The van der Waals surface area contributed by atoms with E-state index in [1.165, 1.54) is 12.1 Å². The Morgan fingerprint density at radius 3 is 2.36 bits per heavy atom. The molecule has 144 valence electrons. The summed E-state index contributed by atoms with van der Waals surface area (Å²) in [5, 5.41) is 1.94. The predicted octanol–water partition coefficient (Wildman–Crippen LogP) is 3.06. The van der Waals surface area contributed by atoms with E-state index in [9.17, 15) is 14.4 Å². The summed E-state index contributed by atoms with van der Waals surface area (Å²) < 4.78 is 24.2. The molecule has 2 aromatic carbocycles. The van der Waals surface area contributed by atoms with Crippen LogP contribution < -0.4 is 14.8 Å². The van der Waals surface area contributed by atoms with Gasteiger partial charge in [-0.05, 0) is 29.8 Å². The van der Waals surface area contributed by atoms with E-state index in [0.717, 1.165) is 27.4 Å². The average molecular weight is 398 g/mol. The Labute approximate surface area is 161 Å². The van der Waals surface area contributed by atoms with Crippen molar-refractivity contribution in [3.05, 3.63) is 60.4 Å². The second-order valence-electron chi connectivity index (χ2n) is 6.44. The maximum Gasteiger partial charge on any atom is 0.356 e. The SMILES string of the molecule is COc1cc2ncc3ccn(Cc4ccc(P(=O)(O)O)cc4)c3c2cc1OC. The molecule has 0 bridgehead atoms. The highest BCUT2D eigenvalue weighted by Gasteiger charge is 2.16. The Bertz CT molecular complexity index is 1210. The minimum atomic E-state index is -4.24. The summed E-state index contributed by atoms with van der Waals surface area (Å²) in [5.41, 5.74) is 2.73. The summed E-state index contributed by atoms with van der Waals surface area (Å²) in [5.74, 6) is 1.25. The van der Waals surface area contributed by atoms with Gasteiger partial charge in [-0.15, -0.1) is 0 Å². The molecule has 0 radical (unpaired) electrons. The zero-order valence-electron chi connectivity index (χ0n) is 15.4. The number of fused-ring (bicyclic) bond motifs is 3. The van der Waals surface area contributed by atoms with Gasteiger partial charge in [0.25, 0.3) is 0 Å². The van der Waals surface area contributed by atoms with Crippen molar-refractivity contribution < 1.29 is 23.8 Å². The first-order valence-corrected chi connectivity index (χ1v) is 10.2. The molecule has 2 N–H and O–H groups in total. The summed E-state index contributed by atoms with van der Waals surface area (Å²) in [7, 11) is -1.05. The Morgan fingerprint density at radius 2 is 1.71 bits per heavy atom. The third kappa shape index (κ3) is 3.24. The number of pyridine rings is 1. The summed E-state index contributed by atoms with van der Waals surface area (Å²) in [6, 6.07) is 12.1. The maximum atomic E-state index is 11.4. The van der Waals surface area contributed by atoms with Gasteiger partial charge in [0.1, 0.15) is 0 Å². The molecule has 0 aliphatic heterocycles. The predicted molar refractivity (Wildman–Crippen MR) is 108 cm³/mol. The molecule has 0 saturated heterocycles. The zero-order chi connectivity index (χ0) is 19.9. The number of hydrogen-bond donors (Lipinski definition) is 2. The first kappa shape index (κ1) is 18.5. The van der Waals surface area contributed by atoms with Gasteiger partial charge in [0, 0.05) is 35.8 Å². The van der Waals surface area contributed by atoms with E-state index in [-0.39, 0.29) is 5.30 Å². The lowest BCUT2D eigenvalue weighted by Gasteiger charge is -2.12. The molecule has 2 heterocycles. The van der Waals surface area contributed by atoms with E-state index in [4.69, 9.17) is 9.47 Å². The number of methoxy groups -OCH3 is 2. The molecule has 7 nitrogen and oxygen atoms in total. The Balaban J connectivity index is 1.81. The van der Waals surface area contributed by atoms with Crippen LogP contribution in [0.2, 0.25) is 0 Å². The second kappa shape index (κ2) is 6.95. The molecule has 2 aromatic heterocycles. The first-order valence-electron chi connectivity index (χ1n) is 8.55. The van der Waals surface area contributed by atoms with Crippen molar-refractivity contribution >= 4 is 34.7 Å². The monoisotopic (exact) mass is 398 g/mol. The number of rotatable bonds is 5.